The molecule has 0 spiro atoms. The van der Waals surface area contributed by atoms with Gasteiger partial charge < -0.3 is 14.8 Å². The van der Waals surface area contributed by atoms with Crippen LogP contribution in [0, 0.1) is 0 Å². The first-order chi connectivity index (χ1) is 9.74. The van der Waals surface area contributed by atoms with E-state index in [-0.39, 0.29) is 0 Å². The molecule has 0 saturated carbocycles. The molecule has 1 unspecified atom stereocenters. The molecule has 0 amide bonds. The number of methoxy groups -OCH3 is 1. The maximum atomic E-state index is 5.82. The predicted octanol–water partition coefficient (Wildman–Crippen LogP) is 2.95. The summed E-state index contributed by atoms with van der Waals surface area (Å²) >= 11 is 0. The SMILES string of the molecule is CNC(C)c1cccc(OCc2cccnc2OC)c1. The largest absolute Gasteiger partial charge is 0.489 e. The number of nitrogens with zero attached hydrogens (tertiary/aromatic N) is 1. The predicted molar refractivity (Wildman–Crippen MR) is 79.0 cm³/mol. The number of hydrogen-bond acceptors (Lipinski definition) is 4. The molecule has 2 aromatic rings. The summed E-state index contributed by atoms with van der Waals surface area (Å²) in [6.45, 7) is 2.55. The van der Waals surface area contributed by atoms with Crippen molar-refractivity contribution < 1.29 is 9.47 Å². The highest BCUT2D eigenvalue weighted by Gasteiger charge is 2.06. The highest BCUT2D eigenvalue weighted by atomic mass is 16.5. The zero-order valence-electron chi connectivity index (χ0n) is 12.1. The van der Waals surface area contributed by atoms with E-state index in [0.29, 0.717) is 18.5 Å². The second-order valence-electron chi connectivity index (χ2n) is 4.54. The number of hydrogen-bond donors (Lipinski definition) is 1. The number of nitrogens with one attached hydrogen (secondary N) is 1. The first kappa shape index (κ1) is 14.3. The third kappa shape index (κ3) is 3.48. The second-order valence-corrected chi connectivity index (χ2v) is 4.54. The van der Waals surface area contributed by atoms with Gasteiger partial charge in [0.05, 0.1) is 12.7 Å². The normalized spacial score (nSPS) is 11.9. The minimum atomic E-state index is 0.298. The highest BCUT2D eigenvalue weighted by Crippen LogP contribution is 2.21. The summed E-state index contributed by atoms with van der Waals surface area (Å²) in [5.74, 6) is 1.45. The molecule has 106 valence electrons. The average molecular weight is 272 g/mol. The quantitative estimate of drug-likeness (QED) is 0.878. The van der Waals surface area contributed by atoms with E-state index in [1.807, 2.05) is 37.4 Å². The fraction of sp³-hybridized carbons (Fsp3) is 0.312. The summed E-state index contributed by atoms with van der Waals surface area (Å²) in [6, 6.07) is 12.2. The summed E-state index contributed by atoms with van der Waals surface area (Å²) in [7, 11) is 3.56. The van der Waals surface area contributed by atoms with Gasteiger partial charge in [-0.2, -0.15) is 0 Å². The van der Waals surface area contributed by atoms with E-state index in [9.17, 15) is 0 Å². The van der Waals surface area contributed by atoms with Crippen LogP contribution in [-0.4, -0.2) is 19.1 Å². The molecular formula is C16H20N2O2. The van der Waals surface area contributed by atoms with Gasteiger partial charge in [-0.05, 0) is 43.8 Å². The molecule has 0 aliphatic carbocycles. The van der Waals surface area contributed by atoms with Crippen LogP contribution in [0.2, 0.25) is 0 Å². The van der Waals surface area contributed by atoms with Gasteiger partial charge in [0.15, 0.2) is 0 Å². The Kier molecular flexibility index (Phi) is 4.96. The monoisotopic (exact) mass is 272 g/mol. The van der Waals surface area contributed by atoms with Crippen LogP contribution >= 0.6 is 0 Å². The maximum Gasteiger partial charge on any atom is 0.219 e. The topological polar surface area (TPSA) is 43.4 Å². The van der Waals surface area contributed by atoms with Gasteiger partial charge in [0.25, 0.3) is 0 Å². The third-order valence-electron chi connectivity index (χ3n) is 3.23. The molecule has 1 aromatic carbocycles. The van der Waals surface area contributed by atoms with Crippen molar-refractivity contribution >= 4 is 0 Å². The highest BCUT2D eigenvalue weighted by molar-refractivity contribution is 5.31. The van der Waals surface area contributed by atoms with Gasteiger partial charge in [-0.25, -0.2) is 4.98 Å². The van der Waals surface area contributed by atoms with Crippen LogP contribution in [0.5, 0.6) is 11.6 Å². The van der Waals surface area contributed by atoms with Crippen molar-refractivity contribution in [2.24, 2.45) is 0 Å². The van der Waals surface area contributed by atoms with Gasteiger partial charge in [-0.15, -0.1) is 0 Å². The van der Waals surface area contributed by atoms with E-state index in [0.717, 1.165) is 11.3 Å². The number of aromatic nitrogens is 1. The van der Waals surface area contributed by atoms with E-state index in [1.54, 1.807) is 13.3 Å². The molecule has 1 heterocycles. The Morgan fingerprint density at radius 3 is 2.85 bits per heavy atom. The van der Waals surface area contributed by atoms with Crippen LogP contribution in [0.25, 0.3) is 0 Å². The molecule has 4 heteroatoms. The number of rotatable bonds is 6. The van der Waals surface area contributed by atoms with Gasteiger partial charge in [0.1, 0.15) is 12.4 Å². The Morgan fingerprint density at radius 2 is 2.10 bits per heavy atom. The molecule has 0 bridgehead atoms. The minimum Gasteiger partial charge on any atom is -0.489 e. The van der Waals surface area contributed by atoms with Crippen molar-refractivity contribution in [3.63, 3.8) is 0 Å². The van der Waals surface area contributed by atoms with Crippen molar-refractivity contribution in [2.45, 2.75) is 19.6 Å². The Balaban J connectivity index is 2.07. The van der Waals surface area contributed by atoms with Crippen molar-refractivity contribution in [2.75, 3.05) is 14.2 Å². The smallest absolute Gasteiger partial charge is 0.219 e. The van der Waals surface area contributed by atoms with E-state index < -0.39 is 0 Å². The van der Waals surface area contributed by atoms with Crippen molar-refractivity contribution in [1.29, 1.82) is 0 Å². The van der Waals surface area contributed by atoms with Gasteiger partial charge in [-0.1, -0.05) is 12.1 Å². The lowest BCUT2D eigenvalue weighted by Gasteiger charge is -2.13. The number of ether oxygens (including phenoxy) is 2. The van der Waals surface area contributed by atoms with Crippen LogP contribution in [-0.2, 0) is 6.61 Å². The average Bonchev–Trinajstić information content (AvgIpc) is 2.52. The molecular weight excluding hydrogens is 252 g/mol. The summed E-state index contributed by atoms with van der Waals surface area (Å²) in [5, 5.41) is 3.21. The Morgan fingerprint density at radius 1 is 1.25 bits per heavy atom. The molecule has 0 aliphatic rings. The van der Waals surface area contributed by atoms with Crippen LogP contribution in [0.1, 0.15) is 24.1 Å². The molecule has 1 N–H and O–H groups in total. The van der Waals surface area contributed by atoms with Crippen LogP contribution < -0.4 is 14.8 Å². The minimum absolute atomic E-state index is 0.298. The van der Waals surface area contributed by atoms with Gasteiger partial charge >= 0.3 is 0 Å². The van der Waals surface area contributed by atoms with Crippen molar-refractivity contribution in [3.05, 3.63) is 53.7 Å². The van der Waals surface area contributed by atoms with Crippen LogP contribution in [0.15, 0.2) is 42.6 Å². The fourth-order valence-corrected chi connectivity index (χ4v) is 1.92. The number of pyridine rings is 1. The van der Waals surface area contributed by atoms with Crippen LogP contribution in [0.3, 0.4) is 0 Å². The molecule has 0 radical (unpaired) electrons. The molecule has 0 fully saturated rings. The summed E-state index contributed by atoms with van der Waals surface area (Å²) in [6.07, 6.45) is 1.71. The van der Waals surface area contributed by atoms with E-state index in [1.165, 1.54) is 5.56 Å². The van der Waals surface area contributed by atoms with Crippen molar-refractivity contribution in [3.8, 4) is 11.6 Å². The molecule has 20 heavy (non-hydrogen) atoms. The summed E-state index contributed by atoms with van der Waals surface area (Å²) in [4.78, 5) is 4.16. The lowest BCUT2D eigenvalue weighted by atomic mass is 10.1. The number of benzene rings is 1. The van der Waals surface area contributed by atoms with Gasteiger partial charge in [0, 0.05) is 12.2 Å². The second kappa shape index (κ2) is 6.91. The maximum absolute atomic E-state index is 5.82. The Labute approximate surface area is 119 Å². The molecule has 1 aromatic heterocycles. The molecule has 0 saturated heterocycles. The first-order valence-corrected chi connectivity index (χ1v) is 6.62. The van der Waals surface area contributed by atoms with Crippen molar-refractivity contribution in [1.82, 2.24) is 10.3 Å². The fourth-order valence-electron chi connectivity index (χ4n) is 1.92. The zero-order chi connectivity index (χ0) is 14.4. The lowest BCUT2D eigenvalue weighted by molar-refractivity contribution is 0.293. The van der Waals surface area contributed by atoms with E-state index in [4.69, 9.17) is 9.47 Å². The van der Waals surface area contributed by atoms with E-state index in [2.05, 4.69) is 23.3 Å². The molecule has 4 nitrogen and oxygen atoms in total. The Bertz CT molecular complexity index is 558. The summed E-state index contributed by atoms with van der Waals surface area (Å²) < 4.78 is 11.0. The van der Waals surface area contributed by atoms with Gasteiger partial charge in [-0.3, -0.25) is 0 Å². The lowest BCUT2D eigenvalue weighted by Crippen LogP contribution is -2.12. The first-order valence-electron chi connectivity index (χ1n) is 6.62. The van der Waals surface area contributed by atoms with E-state index >= 15 is 0 Å². The van der Waals surface area contributed by atoms with Gasteiger partial charge in [0.2, 0.25) is 5.88 Å². The summed E-state index contributed by atoms with van der Waals surface area (Å²) in [5.41, 5.74) is 2.13. The Hall–Kier alpha value is -2.07. The van der Waals surface area contributed by atoms with Crippen LogP contribution in [0.4, 0.5) is 0 Å². The standard InChI is InChI=1S/C16H20N2O2/c1-12(17-2)13-6-4-8-15(10-13)20-11-14-7-5-9-18-16(14)19-3/h4-10,12,17H,11H2,1-3H3. The third-order valence-corrected chi connectivity index (χ3v) is 3.23. The zero-order valence-corrected chi connectivity index (χ0v) is 12.1. The molecule has 0 aliphatic heterocycles. The molecule has 2 rings (SSSR count). The molecule has 1 atom stereocenters.